The van der Waals surface area contributed by atoms with Crippen LogP contribution >= 0.6 is 7.94 Å². The largest absolute Gasteiger partial charge is 0.512 e. The highest BCUT2D eigenvalue weighted by Gasteiger charge is 2.55. The molecule has 0 spiro atoms. The van der Waals surface area contributed by atoms with Gasteiger partial charge in [0.2, 0.25) is 0 Å². The van der Waals surface area contributed by atoms with Crippen molar-refractivity contribution in [2.75, 3.05) is 48.9 Å². The molecule has 0 aliphatic rings. The van der Waals surface area contributed by atoms with E-state index >= 15 is 0 Å². The second-order valence-corrected chi connectivity index (χ2v) is 12.7. The summed E-state index contributed by atoms with van der Waals surface area (Å²) in [6.45, 7) is 2.77. The number of hydrogen-bond donors (Lipinski definition) is 1. The lowest BCUT2D eigenvalue weighted by Gasteiger charge is -2.36. The molecule has 0 rings (SSSR count). The first kappa shape index (κ1) is 29.9. The third-order valence-corrected chi connectivity index (χ3v) is 9.40. The van der Waals surface area contributed by atoms with Crippen molar-refractivity contribution in [1.82, 2.24) is 18.1 Å². The fourth-order valence-electron chi connectivity index (χ4n) is 1.83. The van der Waals surface area contributed by atoms with Gasteiger partial charge in [0.1, 0.15) is 0 Å². The minimum absolute atomic E-state index is 0.493. The smallest absolute Gasteiger partial charge is 0.202 e. The fourth-order valence-corrected chi connectivity index (χ4v) is 6.93. The van der Waals surface area contributed by atoms with E-state index in [-0.39, 0.29) is 0 Å². The summed E-state index contributed by atoms with van der Waals surface area (Å²) in [7, 11) is -2.55. The Morgan fingerprint density at radius 1 is 0.750 bits per heavy atom. The molecule has 9 nitrogen and oxygen atoms in total. The van der Waals surface area contributed by atoms with Crippen molar-refractivity contribution in [2.45, 2.75) is 17.9 Å². The van der Waals surface area contributed by atoms with Crippen LogP contribution < -0.4 is 4.13 Å². The van der Waals surface area contributed by atoms with E-state index in [2.05, 4.69) is 56.3 Å². The number of nitrogens with zero attached hydrogens (tertiary/aromatic N) is 3. The Morgan fingerprint density at radius 2 is 1.00 bits per heavy atom. The molecule has 0 unspecified atom stereocenters. The Labute approximate surface area is 161 Å². The summed E-state index contributed by atoms with van der Waals surface area (Å²) in [5, 5.41) is 0. The van der Waals surface area contributed by atoms with Gasteiger partial charge < -0.3 is 0 Å². The van der Waals surface area contributed by atoms with Crippen LogP contribution in [0.15, 0.2) is 0 Å². The highest BCUT2D eigenvalue weighted by Crippen LogP contribution is 2.64. The molecule has 28 heavy (non-hydrogen) atoms. The number of hydrogen-bond acceptors (Lipinski definition) is 8. The summed E-state index contributed by atoms with van der Waals surface area (Å²) in [6, 6.07) is 0. The second-order valence-electron chi connectivity index (χ2n) is 5.45. The zero-order chi connectivity index (χ0) is 23.4. The topological polar surface area (TPSA) is 99.3 Å². The van der Waals surface area contributed by atoms with Crippen LogP contribution in [-0.2, 0) is 24.6 Å². The lowest BCUT2D eigenvalue weighted by atomic mass is 10.9. The van der Waals surface area contributed by atoms with Crippen LogP contribution in [0.25, 0.3) is 0 Å². The zero-order valence-electron chi connectivity index (χ0n) is 16.1. The standard InChI is InChI=1S/C8H23N3OP.C2HF6NO4S2/c1-8-12-13(9(2)3,10(4)5)11(6)7;3-1(4,5)14(10,11)9-15(12,13)2(6,7)8/h8H2,1-7H3;9H/q+1;. The van der Waals surface area contributed by atoms with Crippen LogP contribution in [0.2, 0.25) is 0 Å². The summed E-state index contributed by atoms with van der Waals surface area (Å²) in [4.78, 5) is 0. The normalized spacial score (nSPS) is 14.4. The third-order valence-electron chi connectivity index (χ3n) is 2.69. The van der Waals surface area contributed by atoms with Crippen molar-refractivity contribution in [3.05, 3.63) is 0 Å². The summed E-state index contributed by atoms with van der Waals surface area (Å²) in [5.41, 5.74) is -12.3. The first-order chi connectivity index (χ1) is 12.1. The maximum absolute atomic E-state index is 11.5. The number of alkyl halides is 6. The first-order valence-electron chi connectivity index (χ1n) is 7.08. The van der Waals surface area contributed by atoms with Gasteiger partial charge in [-0.1, -0.05) is 4.13 Å². The number of halogens is 6. The van der Waals surface area contributed by atoms with Gasteiger partial charge in [-0.25, -0.2) is 16.8 Å². The summed E-state index contributed by atoms with van der Waals surface area (Å²) in [5.74, 6) is 0. The monoisotopic (exact) mass is 489 g/mol. The summed E-state index contributed by atoms with van der Waals surface area (Å²) >= 11 is 0. The molecule has 0 aromatic carbocycles. The van der Waals surface area contributed by atoms with Gasteiger partial charge in [0.05, 0.1) is 6.61 Å². The molecule has 0 aliphatic heterocycles. The summed E-state index contributed by atoms with van der Waals surface area (Å²) < 4.78 is 121. The van der Waals surface area contributed by atoms with Crippen LogP contribution in [0.1, 0.15) is 6.92 Å². The van der Waals surface area contributed by atoms with Crippen molar-refractivity contribution < 1.29 is 47.7 Å². The minimum atomic E-state index is -6.60. The number of nitrogens with one attached hydrogen (secondary N) is 1. The molecular weight excluding hydrogens is 465 g/mol. The Bertz CT molecular complexity index is 630. The quantitative estimate of drug-likeness (QED) is 0.426. The maximum atomic E-state index is 11.5. The molecule has 0 fully saturated rings. The second kappa shape index (κ2) is 10.1. The molecule has 0 amide bonds. The van der Waals surface area contributed by atoms with Gasteiger partial charge in [-0.3, -0.25) is 0 Å². The molecule has 18 heteroatoms. The molecule has 172 valence electrons. The van der Waals surface area contributed by atoms with E-state index in [0.29, 0.717) is 0 Å². The Kier molecular flexibility index (Phi) is 10.8. The molecule has 0 heterocycles. The average molecular weight is 489 g/mol. The van der Waals surface area contributed by atoms with E-state index in [4.69, 9.17) is 4.52 Å². The fraction of sp³-hybridized carbons (Fsp3) is 1.00. The van der Waals surface area contributed by atoms with E-state index in [1.54, 1.807) is 0 Å². The van der Waals surface area contributed by atoms with E-state index in [9.17, 15) is 43.2 Å². The van der Waals surface area contributed by atoms with Crippen LogP contribution in [0.5, 0.6) is 0 Å². The van der Waals surface area contributed by atoms with Gasteiger partial charge in [0.15, 0.2) is 0 Å². The molecule has 0 aromatic heterocycles. The molecule has 0 radical (unpaired) electrons. The molecule has 0 aromatic rings. The van der Waals surface area contributed by atoms with Crippen LogP contribution in [0, 0.1) is 0 Å². The molecule has 1 N–H and O–H groups in total. The van der Waals surface area contributed by atoms with Gasteiger partial charge in [-0.15, -0.1) is 14.0 Å². The highest BCUT2D eigenvalue weighted by molar-refractivity contribution is 8.05. The lowest BCUT2D eigenvalue weighted by Crippen LogP contribution is -2.45. The molecule has 0 atom stereocenters. The predicted molar refractivity (Wildman–Crippen MR) is 92.7 cm³/mol. The minimum Gasteiger partial charge on any atom is -0.202 e. The summed E-state index contributed by atoms with van der Waals surface area (Å²) in [6.07, 6.45) is 0. The van der Waals surface area contributed by atoms with Gasteiger partial charge >= 0.3 is 39.0 Å². The molecule has 0 saturated heterocycles. The molecule has 0 saturated carbocycles. The van der Waals surface area contributed by atoms with Crippen LogP contribution in [0.4, 0.5) is 26.3 Å². The van der Waals surface area contributed by atoms with Gasteiger partial charge in [0, 0.05) is 42.3 Å². The third kappa shape index (κ3) is 7.51. The van der Waals surface area contributed by atoms with E-state index in [1.165, 1.54) is 0 Å². The van der Waals surface area contributed by atoms with Gasteiger partial charge in [-0.05, 0) is 6.92 Å². The SMILES string of the molecule is CCO[P+](N(C)C)(N(C)C)N(C)C.O=S(=O)(NS(=O)(=O)C(F)(F)F)C(F)(F)F. The molecular formula is C10H24F6N4O5PS2+. The average Bonchev–Trinajstić information content (AvgIpc) is 2.40. The first-order valence-corrected chi connectivity index (χ1v) is 11.6. The van der Waals surface area contributed by atoms with Gasteiger partial charge in [-0.2, -0.15) is 30.9 Å². The lowest BCUT2D eigenvalue weighted by molar-refractivity contribution is -0.0476. The molecule has 0 bridgehead atoms. The van der Waals surface area contributed by atoms with E-state index in [0.717, 1.165) is 6.61 Å². The van der Waals surface area contributed by atoms with Crippen LogP contribution in [-0.4, -0.2) is 90.8 Å². The Hall–Kier alpha value is -0.290. The Morgan fingerprint density at radius 3 is 1.11 bits per heavy atom. The van der Waals surface area contributed by atoms with E-state index < -0.39 is 43.1 Å². The molecule has 0 aliphatic carbocycles. The Balaban J connectivity index is 0. The van der Waals surface area contributed by atoms with Crippen molar-refractivity contribution >= 4 is 28.0 Å². The highest BCUT2D eigenvalue weighted by atomic mass is 32.3. The number of rotatable bonds is 7. The number of sulfonamides is 2. The van der Waals surface area contributed by atoms with Gasteiger partial charge in [0.25, 0.3) is 0 Å². The maximum Gasteiger partial charge on any atom is 0.512 e. The van der Waals surface area contributed by atoms with E-state index in [1.807, 2.05) is 6.92 Å². The van der Waals surface area contributed by atoms with Crippen molar-refractivity contribution in [3.8, 4) is 0 Å². The van der Waals surface area contributed by atoms with Crippen molar-refractivity contribution in [1.29, 1.82) is 0 Å². The zero-order valence-corrected chi connectivity index (χ0v) is 18.6. The predicted octanol–water partition coefficient (Wildman–Crippen LogP) is 1.66. The van der Waals surface area contributed by atoms with Crippen LogP contribution in [0.3, 0.4) is 0 Å². The van der Waals surface area contributed by atoms with Crippen molar-refractivity contribution in [3.63, 3.8) is 0 Å². The van der Waals surface area contributed by atoms with Crippen molar-refractivity contribution in [2.24, 2.45) is 0 Å².